The van der Waals surface area contributed by atoms with Crippen molar-refractivity contribution in [2.75, 3.05) is 13.1 Å². The highest BCUT2D eigenvalue weighted by Crippen LogP contribution is 2.35. The van der Waals surface area contributed by atoms with Crippen LogP contribution in [-0.4, -0.2) is 24.2 Å². The summed E-state index contributed by atoms with van der Waals surface area (Å²) in [5, 5.41) is 12.3. The van der Waals surface area contributed by atoms with E-state index >= 15 is 0 Å². The quantitative estimate of drug-likeness (QED) is 0.764. The molecule has 0 amide bonds. The van der Waals surface area contributed by atoms with E-state index in [4.69, 9.17) is 0 Å². The number of hydrogen-bond donors (Lipinski definition) is 2. The van der Waals surface area contributed by atoms with E-state index in [0.717, 1.165) is 12.1 Å². The van der Waals surface area contributed by atoms with E-state index in [0.29, 0.717) is 6.54 Å². The number of nitrogens with one attached hydrogen (secondary N) is 1. The molecule has 0 bridgehead atoms. The molecule has 1 aromatic rings. The van der Waals surface area contributed by atoms with Crippen LogP contribution in [0.2, 0.25) is 0 Å². The summed E-state index contributed by atoms with van der Waals surface area (Å²) < 4.78 is 0. The summed E-state index contributed by atoms with van der Waals surface area (Å²) in [5.74, 6) is -1.05. The van der Waals surface area contributed by atoms with Crippen LogP contribution in [0.5, 0.6) is 0 Å². The highest BCUT2D eigenvalue weighted by Gasteiger charge is 2.44. The van der Waals surface area contributed by atoms with Crippen LogP contribution in [0, 0.1) is 5.92 Å². The molecule has 2 N–H and O–H groups in total. The van der Waals surface area contributed by atoms with Gasteiger partial charge in [0.2, 0.25) is 0 Å². The summed E-state index contributed by atoms with van der Waals surface area (Å²) >= 11 is 0. The Kier molecular flexibility index (Phi) is 2.49. The van der Waals surface area contributed by atoms with E-state index < -0.39 is 5.97 Å². The molecule has 0 aromatic heterocycles. The van der Waals surface area contributed by atoms with Gasteiger partial charge in [0.1, 0.15) is 0 Å². The average molecular weight is 205 g/mol. The standard InChI is InChI=1S/C12H15NO2/c1-12(9-5-3-2-4-6-9)8-13-7-10(12)11(14)15/h2-6,10,13H,7-8H2,1H3,(H,14,15)/t10-,12-/m0/s1. The second kappa shape index (κ2) is 3.66. The molecule has 0 unspecified atom stereocenters. The maximum absolute atomic E-state index is 11.2. The maximum atomic E-state index is 11.2. The molecule has 1 aromatic carbocycles. The first-order valence-electron chi connectivity index (χ1n) is 5.13. The number of rotatable bonds is 2. The topological polar surface area (TPSA) is 49.3 Å². The number of aliphatic carboxylic acids is 1. The summed E-state index contributed by atoms with van der Waals surface area (Å²) in [5.41, 5.74) is 0.815. The van der Waals surface area contributed by atoms with Crippen molar-refractivity contribution in [2.45, 2.75) is 12.3 Å². The molecule has 80 valence electrons. The van der Waals surface area contributed by atoms with Gasteiger partial charge in [-0.3, -0.25) is 4.79 Å². The minimum absolute atomic E-state index is 0.285. The van der Waals surface area contributed by atoms with Gasteiger partial charge in [-0.15, -0.1) is 0 Å². The molecule has 15 heavy (non-hydrogen) atoms. The molecule has 2 rings (SSSR count). The van der Waals surface area contributed by atoms with Crippen LogP contribution in [0.1, 0.15) is 12.5 Å². The molecular formula is C12H15NO2. The average Bonchev–Trinajstić information content (AvgIpc) is 2.63. The molecule has 0 radical (unpaired) electrons. The van der Waals surface area contributed by atoms with E-state index in [-0.39, 0.29) is 11.3 Å². The maximum Gasteiger partial charge on any atom is 0.308 e. The molecular weight excluding hydrogens is 190 g/mol. The zero-order valence-electron chi connectivity index (χ0n) is 8.73. The van der Waals surface area contributed by atoms with Gasteiger partial charge in [-0.1, -0.05) is 37.3 Å². The summed E-state index contributed by atoms with van der Waals surface area (Å²) in [6.45, 7) is 3.30. The smallest absolute Gasteiger partial charge is 0.308 e. The summed E-state index contributed by atoms with van der Waals surface area (Å²) in [4.78, 5) is 11.2. The van der Waals surface area contributed by atoms with Crippen molar-refractivity contribution >= 4 is 5.97 Å². The van der Waals surface area contributed by atoms with Crippen molar-refractivity contribution in [1.82, 2.24) is 5.32 Å². The van der Waals surface area contributed by atoms with Crippen molar-refractivity contribution < 1.29 is 9.90 Å². The molecule has 1 fully saturated rings. The van der Waals surface area contributed by atoms with Crippen molar-refractivity contribution in [2.24, 2.45) is 5.92 Å². The van der Waals surface area contributed by atoms with Crippen molar-refractivity contribution in [3.8, 4) is 0 Å². The molecule has 1 aliphatic rings. The predicted octanol–water partition coefficient (Wildman–Crippen LogP) is 1.25. The zero-order valence-corrected chi connectivity index (χ0v) is 8.73. The minimum Gasteiger partial charge on any atom is -0.481 e. The molecule has 0 aliphatic carbocycles. The molecule has 0 spiro atoms. The van der Waals surface area contributed by atoms with Crippen LogP contribution in [0.15, 0.2) is 30.3 Å². The molecule has 2 atom stereocenters. The Morgan fingerprint density at radius 2 is 2.13 bits per heavy atom. The van der Waals surface area contributed by atoms with E-state index in [1.807, 2.05) is 37.3 Å². The van der Waals surface area contributed by atoms with Gasteiger partial charge >= 0.3 is 5.97 Å². The van der Waals surface area contributed by atoms with E-state index in [1.54, 1.807) is 0 Å². The summed E-state index contributed by atoms with van der Waals surface area (Å²) in [6, 6.07) is 9.87. The SMILES string of the molecule is C[C@@]1(c2ccccc2)CNC[C@H]1C(=O)O. The minimum atomic E-state index is -0.716. The van der Waals surface area contributed by atoms with Gasteiger partial charge < -0.3 is 10.4 Å². The first-order chi connectivity index (χ1) is 7.14. The Balaban J connectivity index is 2.37. The lowest BCUT2D eigenvalue weighted by molar-refractivity contribution is -0.142. The van der Waals surface area contributed by atoms with Gasteiger partial charge in [0.05, 0.1) is 5.92 Å². The monoisotopic (exact) mass is 205 g/mol. The lowest BCUT2D eigenvalue weighted by Gasteiger charge is -2.28. The number of carbonyl (C=O) groups is 1. The Morgan fingerprint density at radius 3 is 2.73 bits per heavy atom. The largest absolute Gasteiger partial charge is 0.481 e. The fourth-order valence-corrected chi connectivity index (χ4v) is 2.31. The van der Waals surface area contributed by atoms with Crippen LogP contribution < -0.4 is 5.32 Å². The molecule has 1 saturated heterocycles. The lowest BCUT2D eigenvalue weighted by atomic mass is 9.74. The number of hydrogen-bond acceptors (Lipinski definition) is 2. The van der Waals surface area contributed by atoms with Gasteiger partial charge in [0, 0.05) is 18.5 Å². The first kappa shape index (κ1) is 10.2. The number of benzene rings is 1. The molecule has 3 heteroatoms. The van der Waals surface area contributed by atoms with Crippen LogP contribution in [0.3, 0.4) is 0 Å². The van der Waals surface area contributed by atoms with Gasteiger partial charge in [-0.05, 0) is 5.56 Å². The Hall–Kier alpha value is -1.35. The molecule has 0 saturated carbocycles. The Labute approximate surface area is 89.1 Å². The number of carboxylic acids is 1. The van der Waals surface area contributed by atoms with Crippen molar-refractivity contribution in [3.05, 3.63) is 35.9 Å². The molecule has 3 nitrogen and oxygen atoms in total. The Bertz CT molecular complexity index is 363. The lowest BCUT2D eigenvalue weighted by Crippen LogP contribution is -2.36. The van der Waals surface area contributed by atoms with Crippen molar-refractivity contribution in [3.63, 3.8) is 0 Å². The van der Waals surface area contributed by atoms with E-state index in [1.165, 1.54) is 0 Å². The van der Waals surface area contributed by atoms with Crippen LogP contribution >= 0.6 is 0 Å². The zero-order chi connectivity index (χ0) is 10.9. The van der Waals surface area contributed by atoms with Gasteiger partial charge in [-0.25, -0.2) is 0 Å². The van der Waals surface area contributed by atoms with Crippen molar-refractivity contribution in [1.29, 1.82) is 0 Å². The van der Waals surface area contributed by atoms with Crippen LogP contribution in [0.4, 0.5) is 0 Å². The Morgan fingerprint density at radius 1 is 1.47 bits per heavy atom. The summed E-state index contributed by atoms with van der Waals surface area (Å²) in [6.07, 6.45) is 0. The molecule has 1 aliphatic heterocycles. The fraction of sp³-hybridized carbons (Fsp3) is 0.417. The number of carboxylic acid groups (broad SMARTS) is 1. The van der Waals surface area contributed by atoms with Crippen LogP contribution in [-0.2, 0) is 10.2 Å². The fourth-order valence-electron chi connectivity index (χ4n) is 2.31. The third kappa shape index (κ3) is 1.63. The third-order valence-electron chi connectivity index (χ3n) is 3.34. The second-order valence-corrected chi connectivity index (χ2v) is 4.31. The van der Waals surface area contributed by atoms with Crippen LogP contribution in [0.25, 0.3) is 0 Å². The van der Waals surface area contributed by atoms with Gasteiger partial charge in [0.15, 0.2) is 0 Å². The predicted molar refractivity (Wildman–Crippen MR) is 57.8 cm³/mol. The van der Waals surface area contributed by atoms with Gasteiger partial charge in [0.25, 0.3) is 0 Å². The summed E-state index contributed by atoms with van der Waals surface area (Å²) in [7, 11) is 0. The third-order valence-corrected chi connectivity index (χ3v) is 3.34. The molecule has 1 heterocycles. The highest BCUT2D eigenvalue weighted by atomic mass is 16.4. The van der Waals surface area contributed by atoms with E-state index in [2.05, 4.69) is 5.32 Å². The first-order valence-corrected chi connectivity index (χ1v) is 5.13. The van der Waals surface area contributed by atoms with E-state index in [9.17, 15) is 9.90 Å². The normalized spacial score (nSPS) is 30.3. The highest BCUT2D eigenvalue weighted by molar-refractivity contribution is 5.73. The second-order valence-electron chi connectivity index (χ2n) is 4.31. The van der Waals surface area contributed by atoms with Gasteiger partial charge in [-0.2, -0.15) is 0 Å².